The molecule has 4 aromatic rings. The predicted molar refractivity (Wildman–Crippen MR) is 85.6 cm³/mol. The van der Waals surface area contributed by atoms with E-state index < -0.39 is 0 Å². The van der Waals surface area contributed by atoms with Crippen LogP contribution < -0.4 is 0 Å². The van der Waals surface area contributed by atoms with E-state index >= 15 is 0 Å². The molecule has 0 atom stereocenters. The van der Waals surface area contributed by atoms with E-state index in [4.69, 9.17) is 0 Å². The average Bonchev–Trinajstić information content (AvgIpc) is 2.56. The van der Waals surface area contributed by atoms with Gasteiger partial charge in [-0.05, 0) is 11.5 Å². The zero-order valence-corrected chi connectivity index (χ0v) is 86.7. The molecule has 0 unspecified atom stereocenters. The van der Waals surface area contributed by atoms with Crippen LogP contribution >= 0.6 is 0 Å². The minimum Gasteiger partial charge on any atom is -0.534 e. The van der Waals surface area contributed by atoms with E-state index in [-0.39, 0.29) is 731 Å². The summed E-state index contributed by atoms with van der Waals surface area (Å²) in [6.45, 7) is 0. The smallest absolute Gasteiger partial charge is 0 e. The van der Waals surface area contributed by atoms with Gasteiger partial charge in [0.1, 0.15) is 0 Å². The van der Waals surface area contributed by atoms with E-state index in [2.05, 4.69) is 24.3 Å². The Kier molecular flexibility index (Phi) is 225. The topological polar surface area (TPSA) is 40.5 Å². The van der Waals surface area contributed by atoms with Crippen molar-refractivity contribution in [1.29, 1.82) is 0 Å². The minimum atomic E-state index is 0. The maximum atomic E-state index is 10.3. The van der Waals surface area contributed by atoms with Crippen molar-refractivity contribution >= 4 is 21.5 Å². The second kappa shape index (κ2) is 78.5. The van der Waals surface area contributed by atoms with E-state index in [0.717, 1.165) is 21.5 Å². The Morgan fingerprint density at radius 2 is 0.568 bits per heavy atom. The van der Waals surface area contributed by atoms with E-state index in [0.29, 0.717) is 11.1 Å². The summed E-state index contributed by atoms with van der Waals surface area (Å²) in [5, 5.41) is 24.2. The van der Waals surface area contributed by atoms with Crippen LogP contribution in [0.5, 0.6) is 11.5 Å². The van der Waals surface area contributed by atoms with E-state index in [1.165, 1.54) is 0 Å². The fourth-order valence-electron chi connectivity index (χ4n) is 2.78. The number of benzene rings is 4. The molecule has 0 saturated heterocycles. The van der Waals surface area contributed by atoms with Crippen molar-refractivity contribution in [2.24, 2.45) is 0 Å². The molecule has 172 valence electrons. The van der Waals surface area contributed by atoms with Crippen LogP contribution in [0.15, 0.2) is 48.5 Å². The van der Waals surface area contributed by atoms with Gasteiger partial charge < -0.3 is 10.2 Å². The zero-order valence-electron chi connectivity index (χ0n) is 24.2. The Labute approximate surface area is 818 Å². The van der Waals surface area contributed by atoms with E-state index in [9.17, 15) is 10.2 Å². The van der Waals surface area contributed by atoms with Crippen molar-refractivity contribution in [3.8, 4) is 22.6 Å². The van der Waals surface area contributed by atoms with Gasteiger partial charge in [0.2, 0.25) is 0 Å². The van der Waals surface area contributed by atoms with Gasteiger partial charge in [0.05, 0.1) is 0 Å². The summed E-state index contributed by atoms with van der Waals surface area (Å²) in [5.74, 6) is 0.00506. The summed E-state index contributed by atoms with van der Waals surface area (Å²) in [6, 6.07) is 26.1. The third kappa shape index (κ3) is 45.7. The van der Waals surface area contributed by atoms with Crippen molar-refractivity contribution in [3.05, 3.63) is 72.8 Å². The van der Waals surface area contributed by atoms with E-state index in [1.807, 2.05) is 24.3 Å². The number of hydrogen-bond acceptors (Lipinski definition) is 2. The number of phenols is 2. The molecule has 0 aromatic heterocycles. The number of rotatable bonds is 1. The van der Waals surface area contributed by atoms with Gasteiger partial charge in [-0.2, -0.15) is 82.2 Å². The third-order valence-electron chi connectivity index (χ3n) is 3.78. The molecule has 0 aliphatic rings. The molecule has 0 aliphatic carbocycles. The molecule has 0 bridgehead atoms. The van der Waals surface area contributed by atoms with Gasteiger partial charge >= 0.3 is 0 Å². The Balaban J connectivity index is -0.0000000167. The molecular weight excluding hydrogens is 2230 g/mol. The Hall–Kier alpha value is 21.3. The van der Waals surface area contributed by atoms with Crippen molar-refractivity contribution in [1.82, 2.24) is 0 Å². The Bertz CT molecular complexity index is 964. The van der Waals surface area contributed by atoms with Crippen LogP contribution in [-0.4, -0.2) is 10.2 Å². The second-order valence-electron chi connectivity index (χ2n) is 5.05. The molecule has 0 aliphatic heterocycles. The van der Waals surface area contributed by atoms with Crippen molar-refractivity contribution in [2.75, 3.05) is 0 Å². The number of phenolic OH excluding ortho intramolecular Hbond substituents is 2. The fraction of sp³-hybridized carbons (Fsp3) is 0. The first kappa shape index (κ1) is 126. The number of aromatic hydroxyl groups is 2. The SMILES string of the molecule is Oc1[c-]cc2c[c-]ccc2c1-c1c(O)[c-]cc2c[c-]ccc12.[Y].[Y].[Y].[Y].[Y].[Y].[Y].[Y].[Y].[Y].[Y].[Y].[Y].[Y].[Y].[Y].[Y].[Y].[Y].[Y].[Y].[Y]. The normalized spacial score (nSPS) is 5.55. The molecule has 0 spiro atoms. The van der Waals surface area contributed by atoms with Gasteiger partial charge in [-0.25, -0.2) is 0 Å². The standard InChI is InChI=1S/C20H10O2.22Y/c21-17-11-9-13-5-1-3-7-15(13)19(17)20-16-8-4-2-6-14(16)10-12-18(20)22;;;;;;;;;;;;;;;;;;;;;;/h3-10,21-22H;;;;;;;;;;;;;;;;;;;;;;/q-4;;;;;;;;;;;;;;;;;;;;;;. The summed E-state index contributed by atoms with van der Waals surface area (Å²) < 4.78 is 0. The van der Waals surface area contributed by atoms with Crippen LogP contribution in [0.25, 0.3) is 32.7 Å². The van der Waals surface area contributed by atoms with Gasteiger partial charge in [-0.15, -0.1) is 23.3 Å². The Morgan fingerprint density at radius 1 is 0.341 bits per heavy atom. The maximum absolute atomic E-state index is 10.3. The molecule has 2 N–H and O–H groups in total. The van der Waals surface area contributed by atoms with Gasteiger partial charge in [-0.1, -0.05) is 0 Å². The molecule has 0 fully saturated rings. The molecule has 0 heterocycles. The second-order valence-corrected chi connectivity index (χ2v) is 5.05. The molecule has 22 radical (unpaired) electrons. The Morgan fingerprint density at radius 3 is 0.795 bits per heavy atom. The first-order valence-electron chi connectivity index (χ1n) is 6.83. The number of fused-ring (bicyclic) bond motifs is 2. The summed E-state index contributed by atoms with van der Waals surface area (Å²) in [6.07, 6.45) is 0. The molecule has 4 rings (SSSR count). The monoisotopic (exact) mass is 2240 g/mol. The van der Waals surface area contributed by atoms with Crippen LogP contribution in [0.3, 0.4) is 0 Å². The molecule has 2 nitrogen and oxygen atoms in total. The molecule has 4 aromatic carbocycles. The van der Waals surface area contributed by atoms with Crippen LogP contribution in [-0.2, 0) is 720 Å². The van der Waals surface area contributed by atoms with Crippen LogP contribution in [0, 0.1) is 24.3 Å². The fourth-order valence-corrected chi connectivity index (χ4v) is 2.78. The van der Waals surface area contributed by atoms with Gasteiger partial charge in [0, 0.05) is 720 Å². The summed E-state index contributed by atoms with van der Waals surface area (Å²) in [5.41, 5.74) is 1.11. The molecule has 0 saturated carbocycles. The van der Waals surface area contributed by atoms with E-state index in [1.54, 1.807) is 24.3 Å². The van der Waals surface area contributed by atoms with Gasteiger partial charge in [0.25, 0.3) is 0 Å². The maximum Gasteiger partial charge on any atom is 0 e. The third-order valence-corrected chi connectivity index (χ3v) is 3.78. The predicted octanol–water partition coefficient (Wildman–Crippen LogP) is 4.22. The average molecular weight is 2240 g/mol. The largest absolute Gasteiger partial charge is 0.534 e. The van der Waals surface area contributed by atoms with Gasteiger partial charge in [0.15, 0.2) is 0 Å². The quantitative estimate of drug-likeness (QED) is 0.281. The van der Waals surface area contributed by atoms with Crippen LogP contribution in [0.4, 0.5) is 0 Å². The van der Waals surface area contributed by atoms with Gasteiger partial charge in [-0.3, -0.25) is 0 Å². The van der Waals surface area contributed by atoms with Crippen LogP contribution in [0.2, 0.25) is 0 Å². The first-order valence-corrected chi connectivity index (χ1v) is 6.83. The molecular formula is C20H10O2Y22-4. The molecule has 24 heteroatoms. The summed E-state index contributed by atoms with van der Waals surface area (Å²) >= 11 is 0. The van der Waals surface area contributed by atoms with Crippen LogP contribution in [0.1, 0.15) is 0 Å². The van der Waals surface area contributed by atoms with Crippen molar-refractivity contribution < 1.29 is 730 Å². The summed E-state index contributed by atoms with van der Waals surface area (Å²) in [7, 11) is 0. The van der Waals surface area contributed by atoms with Crippen molar-refractivity contribution in [2.45, 2.75) is 0 Å². The summed E-state index contributed by atoms with van der Waals surface area (Å²) in [4.78, 5) is 0. The molecule has 0 amide bonds. The minimum absolute atomic E-state index is 0. The van der Waals surface area contributed by atoms with Crippen molar-refractivity contribution in [3.63, 3.8) is 0 Å². The molecule has 44 heavy (non-hydrogen) atoms. The number of hydrogen-bond donors (Lipinski definition) is 2. The first-order chi connectivity index (χ1) is 10.8. The zero-order chi connectivity index (χ0) is 15.1.